The fourth-order valence-electron chi connectivity index (χ4n) is 2.21. The molecule has 1 N–H and O–H groups in total. The number of ether oxygens (including phenoxy) is 2. The Morgan fingerprint density at radius 2 is 2.22 bits per heavy atom. The summed E-state index contributed by atoms with van der Waals surface area (Å²) in [5.74, 6) is 1.79. The maximum absolute atomic E-state index is 5.33. The maximum Gasteiger partial charge on any atom is 0.0928 e. The van der Waals surface area contributed by atoms with Crippen molar-refractivity contribution in [1.29, 1.82) is 0 Å². The van der Waals surface area contributed by atoms with E-state index in [1.807, 2.05) is 11.8 Å². The Bertz CT molecular complexity index is 373. The van der Waals surface area contributed by atoms with Gasteiger partial charge >= 0.3 is 0 Å². The van der Waals surface area contributed by atoms with Gasteiger partial charge in [-0.25, -0.2) is 0 Å². The molecule has 2 unspecified atom stereocenters. The number of hydrogen-bond acceptors (Lipinski definition) is 4. The van der Waals surface area contributed by atoms with Crippen LogP contribution in [0.15, 0.2) is 29.2 Å². The molecule has 3 nitrogen and oxygen atoms in total. The van der Waals surface area contributed by atoms with Crippen molar-refractivity contribution in [3.8, 4) is 0 Å². The lowest BCUT2D eigenvalue weighted by Gasteiger charge is -2.17. The van der Waals surface area contributed by atoms with Gasteiger partial charge in [0.2, 0.25) is 0 Å². The van der Waals surface area contributed by atoms with Crippen LogP contribution in [-0.4, -0.2) is 45.8 Å². The van der Waals surface area contributed by atoms with Gasteiger partial charge in [-0.1, -0.05) is 18.2 Å². The Morgan fingerprint density at radius 1 is 1.39 bits per heavy atom. The minimum atomic E-state index is 0.138. The van der Waals surface area contributed by atoms with Crippen LogP contribution in [0.4, 0.5) is 0 Å². The van der Waals surface area contributed by atoms with Crippen LogP contribution >= 0.6 is 11.8 Å². The van der Waals surface area contributed by atoms with Crippen LogP contribution in [0.2, 0.25) is 0 Å². The quantitative estimate of drug-likeness (QED) is 0.820. The van der Waals surface area contributed by atoms with Gasteiger partial charge in [0, 0.05) is 43.9 Å². The normalized spacial score (nSPS) is 19.8. The van der Waals surface area contributed by atoms with Gasteiger partial charge in [0.1, 0.15) is 0 Å². The minimum Gasteiger partial charge on any atom is -0.382 e. The van der Waals surface area contributed by atoms with Crippen LogP contribution in [0, 0.1) is 0 Å². The van der Waals surface area contributed by atoms with Crippen LogP contribution in [-0.2, 0) is 9.47 Å². The molecule has 2 atom stereocenters. The van der Waals surface area contributed by atoms with E-state index >= 15 is 0 Å². The SMILES string of the molecule is COCC(CNCC1CSc2ccccc21)OC. The van der Waals surface area contributed by atoms with Crippen LogP contribution < -0.4 is 5.32 Å². The zero-order valence-electron chi connectivity index (χ0n) is 11.0. The third-order valence-electron chi connectivity index (χ3n) is 3.25. The summed E-state index contributed by atoms with van der Waals surface area (Å²) in [6, 6.07) is 8.69. The maximum atomic E-state index is 5.33. The van der Waals surface area contributed by atoms with Crippen LogP contribution in [0.5, 0.6) is 0 Å². The molecule has 1 aromatic rings. The lowest BCUT2D eigenvalue weighted by atomic mass is 10.0. The van der Waals surface area contributed by atoms with Gasteiger partial charge in [-0.15, -0.1) is 11.8 Å². The highest BCUT2D eigenvalue weighted by molar-refractivity contribution is 7.99. The summed E-state index contributed by atoms with van der Waals surface area (Å²) in [6.45, 7) is 2.49. The largest absolute Gasteiger partial charge is 0.382 e. The van der Waals surface area contributed by atoms with E-state index in [4.69, 9.17) is 9.47 Å². The summed E-state index contributed by atoms with van der Waals surface area (Å²) in [4.78, 5) is 1.43. The fraction of sp³-hybridized carbons (Fsp3) is 0.571. The molecule has 100 valence electrons. The number of thioether (sulfide) groups is 1. The van der Waals surface area contributed by atoms with Crippen molar-refractivity contribution in [1.82, 2.24) is 5.32 Å². The van der Waals surface area contributed by atoms with E-state index in [1.54, 1.807) is 14.2 Å². The molecule has 0 bridgehead atoms. The number of fused-ring (bicyclic) bond motifs is 1. The van der Waals surface area contributed by atoms with Crippen molar-refractivity contribution in [2.75, 3.05) is 39.7 Å². The Kier molecular flexibility index (Phi) is 5.50. The van der Waals surface area contributed by atoms with E-state index in [0.29, 0.717) is 12.5 Å². The second kappa shape index (κ2) is 7.14. The molecule has 4 heteroatoms. The molecule has 0 fully saturated rings. The van der Waals surface area contributed by atoms with Gasteiger partial charge in [-0.05, 0) is 11.6 Å². The predicted octanol–water partition coefficient (Wildman–Crippen LogP) is 2.13. The first kappa shape index (κ1) is 13.9. The number of rotatable bonds is 7. The van der Waals surface area contributed by atoms with E-state index in [2.05, 4.69) is 29.6 Å². The average Bonchev–Trinajstić information content (AvgIpc) is 2.81. The van der Waals surface area contributed by atoms with E-state index < -0.39 is 0 Å². The Hall–Kier alpha value is -0.550. The van der Waals surface area contributed by atoms with E-state index in [0.717, 1.165) is 13.1 Å². The highest BCUT2D eigenvalue weighted by Crippen LogP contribution is 2.38. The van der Waals surface area contributed by atoms with Gasteiger partial charge < -0.3 is 14.8 Å². The van der Waals surface area contributed by atoms with Crippen LogP contribution in [0.3, 0.4) is 0 Å². The Balaban J connectivity index is 1.78. The van der Waals surface area contributed by atoms with Crippen molar-refractivity contribution in [2.24, 2.45) is 0 Å². The lowest BCUT2D eigenvalue weighted by Crippen LogP contribution is -2.34. The van der Waals surface area contributed by atoms with Crippen LogP contribution in [0.25, 0.3) is 0 Å². The molecule has 0 saturated heterocycles. The summed E-state index contributed by atoms with van der Waals surface area (Å²) >= 11 is 1.95. The first-order valence-electron chi connectivity index (χ1n) is 6.29. The molecule has 1 heterocycles. The van der Waals surface area contributed by atoms with Gasteiger partial charge in [0.25, 0.3) is 0 Å². The molecule has 0 radical (unpaired) electrons. The first-order valence-corrected chi connectivity index (χ1v) is 7.28. The van der Waals surface area contributed by atoms with E-state index in [9.17, 15) is 0 Å². The predicted molar refractivity (Wildman–Crippen MR) is 75.4 cm³/mol. The highest BCUT2D eigenvalue weighted by atomic mass is 32.2. The smallest absolute Gasteiger partial charge is 0.0928 e. The molecular weight excluding hydrogens is 246 g/mol. The number of methoxy groups -OCH3 is 2. The topological polar surface area (TPSA) is 30.5 Å². The third kappa shape index (κ3) is 3.48. The molecule has 0 aromatic heterocycles. The zero-order chi connectivity index (χ0) is 12.8. The highest BCUT2D eigenvalue weighted by Gasteiger charge is 2.22. The third-order valence-corrected chi connectivity index (χ3v) is 4.50. The zero-order valence-corrected chi connectivity index (χ0v) is 11.8. The summed E-state index contributed by atoms with van der Waals surface area (Å²) in [5, 5.41) is 3.49. The summed E-state index contributed by atoms with van der Waals surface area (Å²) in [6.07, 6.45) is 0.138. The molecule has 18 heavy (non-hydrogen) atoms. The molecule has 0 aliphatic carbocycles. The summed E-state index contributed by atoms with van der Waals surface area (Å²) in [7, 11) is 3.43. The number of nitrogens with one attached hydrogen (secondary N) is 1. The average molecular weight is 267 g/mol. The molecule has 1 aliphatic rings. The van der Waals surface area contributed by atoms with Gasteiger partial charge in [0.05, 0.1) is 12.7 Å². The number of hydrogen-bond donors (Lipinski definition) is 1. The van der Waals surface area contributed by atoms with Gasteiger partial charge in [-0.2, -0.15) is 0 Å². The molecule has 0 saturated carbocycles. The monoisotopic (exact) mass is 267 g/mol. The molecule has 2 rings (SSSR count). The van der Waals surface area contributed by atoms with Crippen molar-refractivity contribution in [2.45, 2.75) is 16.9 Å². The second-order valence-corrected chi connectivity index (χ2v) is 5.58. The van der Waals surface area contributed by atoms with Crippen molar-refractivity contribution >= 4 is 11.8 Å². The van der Waals surface area contributed by atoms with Gasteiger partial charge in [0.15, 0.2) is 0 Å². The number of benzene rings is 1. The van der Waals surface area contributed by atoms with Crippen molar-refractivity contribution in [3.05, 3.63) is 29.8 Å². The van der Waals surface area contributed by atoms with Crippen LogP contribution in [0.1, 0.15) is 11.5 Å². The molecular formula is C14H21NO2S. The first-order chi connectivity index (χ1) is 8.85. The van der Waals surface area contributed by atoms with Crippen molar-refractivity contribution < 1.29 is 9.47 Å². The van der Waals surface area contributed by atoms with Crippen molar-refractivity contribution in [3.63, 3.8) is 0 Å². The molecule has 0 amide bonds. The van der Waals surface area contributed by atoms with E-state index in [-0.39, 0.29) is 6.10 Å². The Morgan fingerprint density at radius 3 is 3.00 bits per heavy atom. The lowest BCUT2D eigenvalue weighted by molar-refractivity contribution is 0.0289. The fourth-order valence-corrected chi connectivity index (χ4v) is 3.47. The summed E-state index contributed by atoms with van der Waals surface area (Å²) < 4.78 is 10.4. The van der Waals surface area contributed by atoms with Gasteiger partial charge in [-0.3, -0.25) is 0 Å². The second-order valence-electron chi connectivity index (χ2n) is 4.52. The summed E-state index contributed by atoms with van der Waals surface area (Å²) in [5.41, 5.74) is 1.48. The minimum absolute atomic E-state index is 0.138. The standard InChI is InChI=1S/C14H21NO2S/c1-16-9-12(17-2)8-15-7-11-10-18-14-6-4-3-5-13(11)14/h3-6,11-12,15H,7-10H2,1-2H3. The molecule has 0 spiro atoms. The Labute approximate surface area is 113 Å². The molecule has 1 aliphatic heterocycles. The van der Waals surface area contributed by atoms with E-state index in [1.165, 1.54) is 16.2 Å². The molecule has 1 aromatic carbocycles.